The van der Waals surface area contributed by atoms with Crippen LogP contribution in [0.2, 0.25) is 5.02 Å². The predicted molar refractivity (Wildman–Crippen MR) is 135 cm³/mol. The minimum Gasteiger partial charge on any atom is -0.490 e. The normalized spacial score (nSPS) is 10.6. The van der Waals surface area contributed by atoms with Crippen LogP contribution in [-0.4, -0.2) is 24.1 Å². The summed E-state index contributed by atoms with van der Waals surface area (Å²) in [5.74, 6) is 0.951. The molecule has 1 heterocycles. The molecule has 1 N–H and O–H groups in total. The van der Waals surface area contributed by atoms with E-state index < -0.39 is 0 Å². The fourth-order valence-electron chi connectivity index (χ4n) is 3.28. The molecular weight excluding hydrogens is 456 g/mol. The topological polar surface area (TPSA) is 60.5 Å². The molecule has 5 nitrogen and oxygen atoms in total. The van der Waals surface area contributed by atoms with Crippen molar-refractivity contribution in [2.24, 2.45) is 0 Å². The van der Waals surface area contributed by atoms with Crippen LogP contribution in [0.15, 0.2) is 72.1 Å². The Morgan fingerprint density at radius 3 is 2.45 bits per heavy atom. The number of nitrogens with one attached hydrogen (secondary N) is 1. The molecule has 0 aliphatic carbocycles. The van der Waals surface area contributed by atoms with Gasteiger partial charge in [0, 0.05) is 32.8 Å². The summed E-state index contributed by atoms with van der Waals surface area (Å²) in [5.41, 5.74) is 3.96. The third kappa shape index (κ3) is 5.53. The number of benzene rings is 3. The highest BCUT2D eigenvalue weighted by Crippen LogP contribution is 2.31. The molecule has 0 unspecified atom stereocenters. The van der Waals surface area contributed by atoms with Gasteiger partial charge in [0.1, 0.15) is 5.01 Å². The van der Waals surface area contributed by atoms with Gasteiger partial charge >= 0.3 is 0 Å². The van der Waals surface area contributed by atoms with Gasteiger partial charge in [-0.15, -0.1) is 11.3 Å². The van der Waals surface area contributed by atoms with Crippen molar-refractivity contribution >= 4 is 34.5 Å². The highest BCUT2D eigenvalue weighted by molar-refractivity contribution is 7.13. The molecule has 1 amide bonds. The van der Waals surface area contributed by atoms with Crippen molar-refractivity contribution in [1.29, 1.82) is 0 Å². The summed E-state index contributed by atoms with van der Waals surface area (Å²) in [6.45, 7) is 4.81. The number of ether oxygens (including phenoxy) is 2. The van der Waals surface area contributed by atoms with Gasteiger partial charge in [0.2, 0.25) is 0 Å². The van der Waals surface area contributed by atoms with Crippen molar-refractivity contribution in [3.63, 3.8) is 0 Å². The number of halogens is 1. The van der Waals surface area contributed by atoms with Crippen molar-refractivity contribution < 1.29 is 14.3 Å². The lowest BCUT2D eigenvalue weighted by molar-refractivity contribution is 0.102. The van der Waals surface area contributed by atoms with Gasteiger partial charge in [0.25, 0.3) is 5.91 Å². The van der Waals surface area contributed by atoms with E-state index in [9.17, 15) is 4.79 Å². The molecule has 0 fully saturated rings. The Kier molecular flexibility index (Phi) is 7.27. The Hall–Kier alpha value is -3.35. The molecule has 4 rings (SSSR count). The Bertz CT molecular complexity index is 1250. The molecule has 4 aromatic rings. The largest absolute Gasteiger partial charge is 0.490 e. The summed E-state index contributed by atoms with van der Waals surface area (Å²) < 4.78 is 11.2. The lowest BCUT2D eigenvalue weighted by Gasteiger charge is -2.12. The summed E-state index contributed by atoms with van der Waals surface area (Å²) in [7, 11) is 0. The van der Waals surface area contributed by atoms with Crippen LogP contribution in [0.3, 0.4) is 0 Å². The monoisotopic (exact) mass is 478 g/mol. The van der Waals surface area contributed by atoms with Crippen LogP contribution in [0.1, 0.15) is 24.2 Å². The minimum atomic E-state index is -0.226. The second-order valence-electron chi connectivity index (χ2n) is 7.11. The van der Waals surface area contributed by atoms with Crippen LogP contribution in [-0.2, 0) is 0 Å². The zero-order chi connectivity index (χ0) is 23.2. The molecule has 0 radical (unpaired) electrons. The van der Waals surface area contributed by atoms with Crippen molar-refractivity contribution in [1.82, 2.24) is 4.98 Å². The van der Waals surface area contributed by atoms with Crippen molar-refractivity contribution in [2.75, 3.05) is 18.5 Å². The van der Waals surface area contributed by atoms with Gasteiger partial charge in [-0.3, -0.25) is 4.79 Å². The number of nitrogens with zero attached hydrogens (tertiary/aromatic N) is 1. The first-order valence-corrected chi connectivity index (χ1v) is 11.9. The summed E-state index contributed by atoms with van der Waals surface area (Å²) >= 11 is 7.55. The second-order valence-corrected chi connectivity index (χ2v) is 8.40. The van der Waals surface area contributed by atoms with Crippen LogP contribution in [0.5, 0.6) is 11.5 Å². The maximum atomic E-state index is 12.9. The lowest BCUT2D eigenvalue weighted by atomic mass is 10.1. The number of hydrogen-bond donors (Lipinski definition) is 1. The Morgan fingerprint density at radius 2 is 1.70 bits per heavy atom. The number of aromatic nitrogens is 1. The fraction of sp³-hybridized carbons (Fsp3) is 0.154. The van der Waals surface area contributed by atoms with E-state index in [-0.39, 0.29) is 5.91 Å². The molecule has 0 atom stereocenters. The first-order valence-electron chi connectivity index (χ1n) is 10.6. The van der Waals surface area contributed by atoms with E-state index in [1.165, 1.54) is 0 Å². The van der Waals surface area contributed by atoms with Gasteiger partial charge in [-0.1, -0.05) is 35.9 Å². The quantitative estimate of drug-likeness (QED) is 0.291. The molecular formula is C26H23ClN2O3S. The van der Waals surface area contributed by atoms with Crippen LogP contribution < -0.4 is 14.8 Å². The molecule has 7 heteroatoms. The van der Waals surface area contributed by atoms with Gasteiger partial charge in [0.15, 0.2) is 11.5 Å². The van der Waals surface area contributed by atoms with Crippen LogP contribution in [0, 0.1) is 0 Å². The summed E-state index contributed by atoms with van der Waals surface area (Å²) in [4.78, 5) is 17.6. The van der Waals surface area contributed by atoms with E-state index in [1.807, 2.05) is 67.8 Å². The number of thiazole rings is 1. The maximum absolute atomic E-state index is 12.9. The van der Waals surface area contributed by atoms with E-state index in [2.05, 4.69) is 5.32 Å². The van der Waals surface area contributed by atoms with Crippen molar-refractivity contribution in [3.05, 3.63) is 82.7 Å². The predicted octanol–water partition coefficient (Wildman–Crippen LogP) is 7.18. The van der Waals surface area contributed by atoms with Gasteiger partial charge in [0.05, 0.1) is 18.9 Å². The molecule has 0 saturated carbocycles. The first kappa shape index (κ1) is 22.8. The Morgan fingerprint density at radius 1 is 0.939 bits per heavy atom. The van der Waals surface area contributed by atoms with Crippen LogP contribution >= 0.6 is 22.9 Å². The van der Waals surface area contributed by atoms with E-state index in [0.29, 0.717) is 41.0 Å². The summed E-state index contributed by atoms with van der Waals surface area (Å²) in [5, 5.41) is 6.57. The SMILES string of the molecule is CCOc1ccc(C(=O)Nc2cccc(-c3csc(-c4ccc(Cl)cc4)n3)c2)cc1OCC. The average Bonchev–Trinajstić information content (AvgIpc) is 3.31. The van der Waals surface area contributed by atoms with Crippen molar-refractivity contribution in [3.8, 4) is 33.3 Å². The van der Waals surface area contributed by atoms with Crippen LogP contribution in [0.25, 0.3) is 21.8 Å². The van der Waals surface area contributed by atoms with Gasteiger partial charge in [-0.05, 0) is 56.3 Å². The van der Waals surface area contributed by atoms with Gasteiger partial charge in [-0.2, -0.15) is 0 Å². The number of rotatable bonds is 8. The van der Waals surface area contributed by atoms with E-state index in [1.54, 1.807) is 29.5 Å². The first-order chi connectivity index (χ1) is 16.1. The molecule has 168 valence electrons. The zero-order valence-electron chi connectivity index (χ0n) is 18.3. The molecule has 3 aromatic carbocycles. The highest BCUT2D eigenvalue weighted by atomic mass is 35.5. The lowest BCUT2D eigenvalue weighted by Crippen LogP contribution is -2.12. The van der Waals surface area contributed by atoms with E-state index >= 15 is 0 Å². The third-order valence-electron chi connectivity index (χ3n) is 4.82. The molecule has 0 spiro atoms. The van der Waals surface area contributed by atoms with Crippen molar-refractivity contribution in [2.45, 2.75) is 13.8 Å². The minimum absolute atomic E-state index is 0.226. The molecule has 0 aliphatic rings. The number of anilines is 1. The molecule has 0 aliphatic heterocycles. The fourth-order valence-corrected chi connectivity index (χ4v) is 4.24. The third-order valence-corrected chi connectivity index (χ3v) is 5.96. The highest BCUT2D eigenvalue weighted by Gasteiger charge is 2.13. The maximum Gasteiger partial charge on any atom is 0.255 e. The number of amides is 1. The van der Waals surface area contributed by atoms with Gasteiger partial charge in [-0.25, -0.2) is 4.98 Å². The Labute approximate surface area is 202 Å². The summed E-state index contributed by atoms with van der Waals surface area (Å²) in [6.07, 6.45) is 0. The smallest absolute Gasteiger partial charge is 0.255 e. The molecule has 0 bridgehead atoms. The van der Waals surface area contributed by atoms with Crippen LogP contribution in [0.4, 0.5) is 5.69 Å². The van der Waals surface area contributed by atoms with Gasteiger partial charge < -0.3 is 14.8 Å². The van der Waals surface area contributed by atoms with E-state index in [0.717, 1.165) is 21.8 Å². The number of carbonyl (C=O) groups excluding carboxylic acids is 1. The number of hydrogen-bond acceptors (Lipinski definition) is 5. The standard InChI is InChI=1S/C26H23ClN2O3S/c1-3-31-23-13-10-19(15-24(23)32-4-2)25(30)28-21-7-5-6-18(14-21)22-16-33-26(29-22)17-8-11-20(27)12-9-17/h5-16H,3-4H2,1-2H3,(H,28,30). The average molecular weight is 479 g/mol. The summed E-state index contributed by atoms with van der Waals surface area (Å²) in [6, 6.07) is 20.4. The molecule has 0 saturated heterocycles. The molecule has 1 aromatic heterocycles. The Balaban J connectivity index is 1.52. The second kappa shape index (κ2) is 10.5. The number of carbonyl (C=O) groups is 1. The molecule has 33 heavy (non-hydrogen) atoms. The van der Waals surface area contributed by atoms with E-state index in [4.69, 9.17) is 26.1 Å². The zero-order valence-corrected chi connectivity index (χ0v) is 19.9.